The van der Waals surface area contributed by atoms with E-state index in [0.717, 1.165) is 24.2 Å². The lowest BCUT2D eigenvalue weighted by Crippen LogP contribution is -2.33. The molecule has 1 heterocycles. The summed E-state index contributed by atoms with van der Waals surface area (Å²) < 4.78 is 6.97. The second-order valence-electron chi connectivity index (χ2n) is 5.74. The van der Waals surface area contributed by atoms with E-state index in [0.29, 0.717) is 16.8 Å². The first-order valence-corrected chi connectivity index (χ1v) is 9.88. The zero-order valence-electron chi connectivity index (χ0n) is 15.5. The number of unbranched alkanes of at least 4 members (excludes halogenated alkanes) is 1. The lowest BCUT2D eigenvalue weighted by atomic mass is 10.3. The number of aromatic hydroxyl groups is 1. The number of aromatic nitrogens is 1. The number of hydrogen-bond acceptors (Lipinski definition) is 7. The standard InChI is InChI=1S/C19H20ClN3O4S/c1-3-5-8-23-17(25)16(11-22-12-6-7-15(24)14(20)9-12)28-18(23)13(10-21)19(26)27-4-2/h6-7,9,11,22,24H,3-5,8H2,1-2H3. The van der Waals surface area contributed by atoms with Crippen LogP contribution in [-0.4, -0.2) is 22.2 Å². The molecule has 7 nitrogen and oxygen atoms in total. The maximum Gasteiger partial charge on any atom is 0.351 e. The van der Waals surface area contributed by atoms with E-state index in [1.165, 1.54) is 22.9 Å². The highest BCUT2D eigenvalue weighted by molar-refractivity contribution is 7.07. The maximum absolute atomic E-state index is 12.8. The number of esters is 1. The van der Waals surface area contributed by atoms with Gasteiger partial charge in [-0.05, 0) is 31.5 Å². The number of phenolic OH excluding ortho intramolecular Hbond substituents is 1. The van der Waals surface area contributed by atoms with Crippen molar-refractivity contribution in [1.29, 1.82) is 5.26 Å². The molecule has 0 aliphatic heterocycles. The van der Waals surface area contributed by atoms with E-state index >= 15 is 0 Å². The van der Waals surface area contributed by atoms with Crippen molar-refractivity contribution >= 4 is 46.4 Å². The predicted molar refractivity (Wildman–Crippen MR) is 110 cm³/mol. The lowest BCUT2D eigenvalue weighted by Gasteiger charge is -2.02. The normalized spacial score (nSPS) is 12.4. The van der Waals surface area contributed by atoms with Crippen LogP contribution in [0.3, 0.4) is 0 Å². The SMILES string of the molecule is CCCCn1c(=C(C#N)C(=O)OCC)sc(=CNc2ccc(O)c(Cl)c2)c1=O. The fourth-order valence-electron chi connectivity index (χ4n) is 2.35. The average Bonchev–Trinajstić information content (AvgIpc) is 2.97. The Morgan fingerprint density at radius 1 is 1.46 bits per heavy atom. The second kappa shape index (κ2) is 9.97. The molecular weight excluding hydrogens is 402 g/mol. The number of carbonyl (C=O) groups is 1. The number of benzene rings is 1. The lowest BCUT2D eigenvalue weighted by molar-refractivity contribution is -0.136. The van der Waals surface area contributed by atoms with Crippen LogP contribution in [0.1, 0.15) is 26.7 Å². The van der Waals surface area contributed by atoms with Gasteiger partial charge in [0.25, 0.3) is 5.56 Å². The Bertz CT molecular complexity index is 1080. The van der Waals surface area contributed by atoms with E-state index in [-0.39, 0.29) is 33.2 Å². The van der Waals surface area contributed by atoms with E-state index in [1.54, 1.807) is 13.0 Å². The summed E-state index contributed by atoms with van der Waals surface area (Å²) in [7, 11) is 0. The molecule has 28 heavy (non-hydrogen) atoms. The zero-order valence-corrected chi connectivity index (χ0v) is 17.1. The van der Waals surface area contributed by atoms with Gasteiger partial charge in [0.05, 0.1) is 11.6 Å². The molecular formula is C19H20ClN3O4S. The number of nitrogens with zero attached hydrogens (tertiary/aromatic N) is 2. The summed E-state index contributed by atoms with van der Waals surface area (Å²) in [5.41, 5.74) is 0.0855. The number of nitrogens with one attached hydrogen (secondary N) is 1. The Morgan fingerprint density at radius 3 is 2.82 bits per heavy atom. The number of phenols is 1. The molecule has 2 N–H and O–H groups in total. The Kier molecular flexibility index (Phi) is 7.67. The van der Waals surface area contributed by atoms with Crippen LogP contribution >= 0.6 is 22.9 Å². The molecule has 148 valence electrons. The van der Waals surface area contributed by atoms with Gasteiger partial charge in [0.1, 0.15) is 21.0 Å². The zero-order chi connectivity index (χ0) is 20.7. The van der Waals surface area contributed by atoms with Crippen molar-refractivity contribution < 1.29 is 14.6 Å². The average molecular weight is 422 g/mol. The fourth-order valence-corrected chi connectivity index (χ4v) is 3.57. The number of anilines is 1. The minimum Gasteiger partial charge on any atom is -0.506 e. The van der Waals surface area contributed by atoms with Gasteiger partial charge in [-0.2, -0.15) is 5.26 Å². The summed E-state index contributed by atoms with van der Waals surface area (Å²) >= 11 is 6.92. The smallest absolute Gasteiger partial charge is 0.351 e. The number of rotatable bonds is 7. The van der Waals surface area contributed by atoms with Crippen LogP contribution in [0, 0.1) is 11.3 Å². The minimum atomic E-state index is -0.749. The molecule has 2 aromatic rings. The van der Waals surface area contributed by atoms with Gasteiger partial charge in [-0.25, -0.2) is 4.79 Å². The third-order valence-corrected chi connectivity index (χ3v) is 5.20. The third kappa shape index (κ3) is 4.94. The van der Waals surface area contributed by atoms with Crippen LogP contribution < -0.4 is 20.1 Å². The molecule has 0 bridgehead atoms. The molecule has 0 unspecified atom stereocenters. The summed E-state index contributed by atoms with van der Waals surface area (Å²) in [6, 6.07) is 6.41. The van der Waals surface area contributed by atoms with E-state index in [4.69, 9.17) is 16.3 Å². The minimum absolute atomic E-state index is 0.0461. The number of carbonyl (C=O) groups excluding carboxylic acids is 1. The van der Waals surface area contributed by atoms with Crippen molar-refractivity contribution in [3.63, 3.8) is 0 Å². The van der Waals surface area contributed by atoms with Crippen LogP contribution in [0.4, 0.5) is 5.69 Å². The molecule has 0 saturated carbocycles. The van der Waals surface area contributed by atoms with Crippen molar-refractivity contribution in [3.8, 4) is 11.8 Å². The first-order chi connectivity index (χ1) is 13.4. The van der Waals surface area contributed by atoms with Gasteiger partial charge in [0.2, 0.25) is 0 Å². The molecule has 0 radical (unpaired) electrons. The van der Waals surface area contributed by atoms with Crippen molar-refractivity contribution in [1.82, 2.24) is 4.57 Å². The number of nitriles is 1. The molecule has 2 rings (SSSR count). The van der Waals surface area contributed by atoms with Gasteiger partial charge >= 0.3 is 5.97 Å². The van der Waals surface area contributed by atoms with Gasteiger partial charge in [-0.15, -0.1) is 11.3 Å². The Morgan fingerprint density at radius 2 is 2.21 bits per heavy atom. The van der Waals surface area contributed by atoms with Crippen molar-refractivity contribution in [2.75, 3.05) is 11.9 Å². The van der Waals surface area contributed by atoms with Gasteiger partial charge in [0.15, 0.2) is 5.57 Å². The summed E-state index contributed by atoms with van der Waals surface area (Å²) in [6.45, 7) is 4.17. The molecule has 0 spiro atoms. The molecule has 0 fully saturated rings. The largest absolute Gasteiger partial charge is 0.506 e. The summed E-state index contributed by atoms with van der Waals surface area (Å²) in [5.74, 6) is -0.795. The highest BCUT2D eigenvalue weighted by Gasteiger charge is 2.16. The predicted octanol–water partition coefficient (Wildman–Crippen LogP) is 2.16. The van der Waals surface area contributed by atoms with E-state index in [2.05, 4.69) is 5.32 Å². The second-order valence-corrected chi connectivity index (χ2v) is 7.18. The van der Waals surface area contributed by atoms with Crippen molar-refractivity contribution in [3.05, 3.63) is 42.8 Å². The Balaban J connectivity index is 2.58. The Hall–Kier alpha value is -2.76. The fraction of sp³-hybridized carbons (Fsp3) is 0.316. The quantitative estimate of drug-likeness (QED) is 0.524. The molecule has 0 amide bonds. The number of hydrogen-bond donors (Lipinski definition) is 2. The monoisotopic (exact) mass is 421 g/mol. The van der Waals surface area contributed by atoms with Crippen LogP contribution in [-0.2, 0) is 16.1 Å². The highest BCUT2D eigenvalue weighted by Crippen LogP contribution is 2.25. The van der Waals surface area contributed by atoms with Crippen LogP contribution in [0.25, 0.3) is 11.8 Å². The Labute approximate surface area is 170 Å². The highest BCUT2D eigenvalue weighted by atomic mass is 35.5. The first-order valence-electron chi connectivity index (χ1n) is 8.69. The summed E-state index contributed by atoms with van der Waals surface area (Å²) in [5, 5.41) is 22.0. The number of thiazole rings is 1. The molecule has 0 aliphatic carbocycles. The van der Waals surface area contributed by atoms with Gasteiger partial charge in [-0.1, -0.05) is 24.9 Å². The van der Waals surface area contributed by atoms with Crippen LogP contribution in [0.5, 0.6) is 5.75 Å². The third-order valence-electron chi connectivity index (χ3n) is 3.77. The maximum atomic E-state index is 12.8. The van der Waals surface area contributed by atoms with Crippen LogP contribution in [0.15, 0.2) is 23.0 Å². The molecule has 1 aromatic heterocycles. The van der Waals surface area contributed by atoms with Gasteiger partial charge < -0.3 is 15.2 Å². The molecule has 9 heteroatoms. The topological polar surface area (TPSA) is 104 Å². The molecule has 0 aliphatic rings. The number of halogens is 1. The van der Waals surface area contributed by atoms with Gasteiger partial charge in [0, 0.05) is 18.4 Å². The van der Waals surface area contributed by atoms with E-state index < -0.39 is 5.97 Å². The van der Waals surface area contributed by atoms with Crippen molar-refractivity contribution in [2.24, 2.45) is 0 Å². The summed E-state index contributed by atoms with van der Waals surface area (Å²) in [4.78, 5) is 24.9. The van der Waals surface area contributed by atoms with E-state index in [1.807, 2.05) is 13.0 Å². The molecule has 0 atom stereocenters. The molecule has 0 saturated heterocycles. The number of ether oxygens (including phenoxy) is 1. The molecule has 1 aromatic carbocycles. The van der Waals surface area contributed by atoms with Crippen molar-refractivity contribution in [2.45, 2.75) is 33.2 Å². The summed E-state index contributed by atoms with van der Waals surface area (Å²) in [6.07, 6.45) is 3.07. The van der Waals surface area contributed by atoms with E-state index in [9.17, 15) is 20.0 Å². The van der Waals surface area contributed by atoms with Crippen LogP contribution in [0.2, 0.25) is 5.02 Å². The first kappa shape index (κ1) is 21.5. The van der Waals surface area contributed by atoms with Gasteiger partial charge in [-0.3, -0.25) is 9.36 Å².